The van der Waals surface area contributed by atoms with Crippen LogP contribution < -0.4 is 10.6 Å². The molecule has 0 bridgehead atoms. The van der Waals surface area contributed by atoms with Crippen LogP contribution in [0, 0.1) is 23.5 Å². The molecular formula is C14H10BrF4N3O. The number of hydrogen-bond donors (Lipinski definition) is 2. The standard InChI is InChI=1S/C14H10BrF4N3O/c15-8-3-1-2-7(6-8)14(23)21-5-4-20-11-9(16)12(18)22-13(19)10(11)17/h1-3,6H,4-5H2,(H,20,22)(H,21,23). The van der Waals surface area contributed by atoms with E-state index in [4.69, 9.17) is 0 Å². The number of nitrogens with zero attached hydrogens (tertiary/aromatic N) is 1. The van der Waals surface area contributed by atoms with Crippen molar-refractivity contribution in [3.63, 3.8) is 0 Å². The number of amides is 1. The molecular weight excluding hydrogens is 382 g/mol. The van der Waals surface area contributed by atoms with E-state index in [-0.39, 0.29) is 13.1 Å². The van der Waals surface area contributed by atoms with E-state index in [0.29, 0.717) is 5.56 Å². The minimum Gasteiger partial charge on any atom is -0.378 e. The second kappa shape index (κ2) is 7.40. The summed E-state index contributed by atoms with van der Waals surface area (Å²) < 4.78 is 53.2. The van der Waals surface area contributed by atoms with Crippen LogP contribution >= 0.6 is 15.9 Å². The summed E-state index contributed by atoms with van der Waals surface area (Å²) in [4.78, 5) is 14.3. The Labute approximate surface area is 137 Å². The molecule has 9 heteroatoms. The summed E-state index contributed by atoms with van der Waals surface area (Å²) in [5.74, 6) is -7.14. The van der Waals surface area contributed by atoms with Crippen LogP contribution in [0.5, 0.6) is 0 Å². The Kier molecular flexibility index (Phi) is 5.54. The molecule has 1 aromatic heterocycles. The van der Waals surface area contributed by atoms with E-state index in [1.165, 1.54) is 0 Å². The van der Waals surface area contributed by atoms with Crippen molar-refractivity contribution in [3.8, 4) is 0 Å². The van der Waals surface area contributed by atoms with Crippen LogP contribution in [-0.2, 0) is 0 Å². The summed E-state index contributed by atoms with van der Waals surface area (Å²) in [7, 11) is 0. The van der Waals surface area contributed by atoms with Crippen LogP contribution in [0.4, 0.5) is 23.2 Å². The molecule has 1 amide bonds. The topological polar surface area (TPSA) is 54.0 Å². The highest BCUT2D eigenvalue weighted by atomic mass is 79.9. The van der Waals surface area contributed by atoms with E-state index < -0.39 is 35.1 Å². The van der Waals surface area contributed by atoms with E-state index in [0.717, 1.165) is 4.47 Å². The lowest BCUT2D eigenvalue weighted by Crippen LogP contribution is -2.29. The molecule has 1 aromatic carbocycles. The van der Waals surface area contributed by atoms with Crippen LogP contribution in [0.3, 0.4) is 0 Å². The van der Waals surface area contributed by atoms with Gasteiger partial charge in [0.2, 0.25) is 11.6 Å². The van der Waals surface area contributed by atoms with Crippen molar-refractivity contribution in [1.29, 1.82) is 0 Å². The summed E-state index contributed by atoms with van der Waals surface area (Å²) >= 11 is 3.22. The number of nitrogens with one attached hydrogen (secondary N) is 2. The summed E-state index contributed by atoms with van der Waals surface area (Å²) in [6.07, 6.45) is 0. The normalized spacial score (nSPS) is 10.5. The number of pyridine rings is 1. The van der Waals surface area contributed by atoms with Crippen molar-refractivity contribution in [2.75, 3.05) is 18.4 Å². The smallest absolute Gasteiger partial charge is 0.253 e. The average Bonchev–Trinajstić information content (AvgIpc) is 2.52. The Morgan fingerprint density at radius 2 is 1.74 bits per heavy atom. The lowest BCUT2D eigenvalue weighted by atomic mass is 10.2. The predicted octanol–water partition coefficient (Wildman–Crippen LogP) is 3.24. The third-order valence-electron chi connectivity index (χ3n) is 2.80. The summed E-state index contributed by atoms with van der Waals surface area (Å²) in [6, 6.07) is 6.59. The Morgan fingerprint density at radius 3 is 2.35 bits per heavy atom. The van der Waals surface area contributed by atoms with E-state index in [2.05, 4.69) is 31.5 Å². The molecule has 2 rings (SSSR count). The highest BCUT2D eigenvalue weighted by Gasteiger charge is 2.20. The van der Waals surface area contributed by atoms with Gasteiger partial charge in [-0.2, -0.15) is 22.5 Å². The van der Waals surface area contributed by atoms with Crippen molar-refractivity contribution in [1.82, 2.24) is 10.3 Å². The molecule has 0 unspecified atom stereocenters. The summed E-state index contributed by atoms with van der Waals surface area (Å²) in [5.41, 5.74) is -0.579. The van der Waals surface area contributed by atoms with Crippen molar-refractivity contribution in [3.05, 3.63) is 57.8 Å². The number of anilines is 1. The minimum atomic E-state index is -1.75. The summed E-state index contributed by atoms with van der Waals surface area (Å²) in [5, 5.41) is 4.68. The molecule has 122 valence electrons. The van der Waals surface area contributed by atoms with Gasteiger partial charge in [0.25, 0.3) is 17.8 Å². The highest BCUT2D eigenvalue weighted by molar-refractivity contribution is 9.10. The van der Waals surface area contributed by atoms with E-state index in [1.54, 1.807) is 24.3 Å². The SMILES string of the molecule is O=C(NCCNc1c(F)c(F)nc(F)c1F)c1cccc(Br)c1. The average molecular weight is 392 g/mol. The molecule has 0 aliphatic carbocycles. The second-order valence-electron chi connectivity index (χ2n) is 4.39. The van der Waals surface area contributed by atoms with E-state index in [9.17, 15) is 22.4 Å². The minimum absolute atomic E-state index is 0.0181. The maximum atomic E-state index is 13.3. The molecule has 4 nitrogen and oxygen atoms in total. The fourth-order valence-corrected chi connectivity index (χ4v) is 2.14. The fraction of sp³-hybridized carbons (Fsp3) is 0.143. The maximum Gasteiger partial charge on any atom is 0.253 e. The van der Waals surface area contributed by atoms with Crippen LogP contribution in [-0.4, -0.2) is 24.0 Å². The third kappa shape index (κ3) is 4.19. The lowest BCUT2D eigenvalue weighted by molar-refractivity contribution is 0.0955. The number of aromatic nitrogens is 1. The van der Waals surface area contributed by atoms with E-state index >= 15 is 0 Å². The van der Waals surface area contributed by atoms with Crippen LogP contribution in [0.25, 0.3) is 0 Å². The molecule has 2 aromatic rings. The van der Waals surface area contributed by atoms with Crippen molar-refractivity contribution >= 4 is 27.5 Å². The second-order valence-corrected chi connectivity index (χ2v) is 5.31. The summed E-state index contributed by atoms with van der Waals surface area (Å²) in [6.45, 7) is -0.160. The monoisotopic (exact) mass is 391 g/mol. The zero-order valence-corrected chi connectivity index (χ0v) is 13.1. The van der Waals surface area contributed by atoms with Gasteiger partial charge in [0.15, 0.2) is 0 Å². The Bertz CT molecular complexity index is 716. The molecule has 23 heavy (non-hydrogen) atoms. The first-order valence-electron chi connectivity index (χ1n) is 6.37. The molecule has 0 radical (unpaired) electrons. The lowest BCUT2D eigenvalue weighted by Gasteiger charge is -2.10. The number of carbonyl (C=O) groups is 1. The van der Waals surface area contributed by atoms with Gasteiger partial charge >= 0.3 is 0 Å². The van der Waals surface area contributed by atoms with Crippen molar-refractivity contribution in [2.45, 2.75) is 0 Å². The van der Waals surface area contributed by atoms with Crippen molar-refractivity contribution in [2.24, 2.45) is 0 Å². The first-order chi connectivity index (χ1) is 10.9. The fourth-order valence-electron chi connectivity index (χ4n) is 1.74. The van der Waals surface area contributed by atoms with Gasteiger partial charge in [-0.05, 0) is 18.2 Å². The third-order valence-corrected chi connectivity index (χ3v) is 3.29. The molecule has 0 spiro atoms. The van der Waals surface area contributed by atoms with Gasteiger partial charge in [0, 0.05) is 23.1 Å². The number of carbonyl (C=O) groups excluding carboxylic acids is 1. The van der Waals surface area contributed by atoms with Crippen molar-refractivity contribution < 1.29 is 22.4 Å². The zero-order chi connectivity index (χ0) is 17.0. The quantitative estimate of drug-likeness (QED) is 0.467. The predicted molar refractivity (Wildman–Crippen MR) is 79.0 cm³/mol. The number of halogens is 5. The van der Waals surface area contributed by atoms with Gasteiger partial charge in [0.05, 0.1) is 0 Å². The van der Waals surface area contributed by atoms with Gasteiger partial charge in [-0.15, -0.1) is 0 Å². The molecule has 0 fully saturated rings. The van der Waals surface area contributed by atoms with Gasteiger partial charge in [0.1, 0.15) is 5.69 Å². The van der Waals surface area contributed by atoms with Gasteiger partial charge in [-0.25, -0.2) is 0 Å². The zero-order valence-electron chi connectivity index (χ0n) is 11.5. The van der Waals surface area contributed by atoms with Crippen LogP contribution in [0.2, 0.25) is 0 Å². The number of hydrogen-bond acceptors (Lipinski definition) is 3. The number of rotatable bonds is 5. The van der Waals surface area contributed by atoms with Gasteiger partial charge < -0.3 is 10.6 Å². The molecule has 2 N–H and O–H groups in total. The largest absolute Gasteiger partial charge is 0.378 e. The molecule has 0 saturated heterocycles. The van der Waals surface area contributed by atoms with Gasteiger partial charge in [-0.1, -0.05) is 22.0 Å². The molecule has 1 heterocycles. The maximum absolute atomic E-state index is 13.3. The first kappa shape index (κ1) is 17.2. The van der Waals surface area contributed by atoms with E-state index in [1.807, 2.05) is 0 Å². The Hall–Kier alpha value is -2.16. The Balaban J connectivity index is 1.92. The van der Waals surface area contributed by atoms with Gasteiger partial charge in [-0.3, -0.25) is 4.79 Å². The molecule has 0 saturated carbocycles. The molecule has 0 aliphatic heterocycles. The first-order valence-corrected chi connectivity index (χ1v) is 7.17. The molecule has 0 aliphatic rings. The highest BCUT2D eigenvalue weighted by Crippen LogP contribution is 2.21. The van der Waals surface area contributed by atoms with Crippen LogP contribution in [0.15, 0.2) is 28.7 Å². The Morgan fingerprint density at radius 1 is 1.09 bits per heavy atom. The number of benzene rings is 1. The molecule has 0 atom stereocenters. The van der Waals surface area contributed by atoms with Crippen LogP contribution in [0.1, 0.15) is 10.4 Å².